The molecule has 11 heteroatoms. The van der Waals surface area contributed by atoms with E-state index in [9.17, 15) is 14.0 Å². The average molecular weight is 468 g/mol. The maximum atomic E-state index is 14.7. The lowest BCUT2D eigenvalue weighted by Gasteiger charge is -2.17. The van der Waals surface area contributed by atoms with Crippen molar-refractivity contribution in [3.8, 4) is 11.6 Å². The van der Waals surface area contributed by atoms with Crippen LogP contribution in [0.4, 0.5) is 10.1 Å². The summed E-state index contributed by atoms with van der Waals surface area (Å²) in [4.78, 5) is 33.2. The highest BCUT2D eigenvalue weighted by Crippen LogP contribution is 2.30. The van der Waals surface area contributed by atoms with E-state index < -0.39 is 11.9 Å². The summed E-state index contributed by atoms with van der Waals surface area (Å²) >= 11 is 0. The number of nitrogens with zero attached hydrogens (tertiary/aromatic N) is 6. The van der Waals surface area contributed by atoms with E-state index in [0.717, 1.165) is 4.80 Å². The van der Waals surface area contributed by atoms with Gasteiger partial charge in [-0.15, -0.1) is 5.10 Å². The van der Waals surface area contributed by atoms with Crippen LogP contribution in [0.1, 0.15) is 19.3 Å². The van der Waals surface area contributed by atoms with Gasteiger partial charge in [0.1, 0.15) is 23.3 Å². The standard InChI is InChI=1S/C23H25FN6O4/c1-28(2)21(31)12-30-26-18-10-15(9-17(24)22(18)27-30)29-8-7-19(23(29)32)34-16-5-6-20(25-11-16)33-13-14-3-4-14/h5-6,9-11,14,19H,3-4,7-8,12-13H2,1-2H3. The van der Waals surface area contributed by atoms with Crippen molar-refractivity contribution in [1.82, 2.24) is 24.9 Å². The second-order valence-electron chi connectivity index (χ2n) is 8.79. The van der Waals surface area contributed by atoms with E-state index in [1.807, 2.05) is 0 Å². The van der Waals surface area contributed by atoms with Crippen LogP contribution in [0.5, 0.6) is 11.6 Å². The largest absolute Gasteiger partial charge is 0.479 e. The van der Waals surface area contributed by atoms with Gasteiger partial charge in [-0.05, 0) is 30.9 Å². The van der Waals surface area contributed by atoms with Crippen molar-refractivity contribution in [1.29, 1.82) is 0 Å². The summed E-state index contributed by atoms with van der Waals surface area (Å²) in [5.41, 5.74) is 0.684. The molecule has 1 aliphatic heterocycles. The number of benzene rings is 1. The van der Waals surface area contributed by atoms with Gasteiger partial charge in [-0.3, -0.25) is 9.59 Å². The summed E-state index contributed by atoms with van der Waals surface area (Å²) in [6.45, 7) is 0.940. The van der Waals surface area contributed by atoms with Gasteiger partial charge in [-0.1, -0.05) is 0 Å². The van der Waals surface area contributed by atoms with E-state index in [1.165, 1.54) is 34.9 Å². The molecule has 1 saturated carbocycles. The fourth-order valence-corrected chi connectivity index (χ4v) is 3.69. The summed E-state index contributed by atoms with van der Waals surface area (Å²) < 4.78 is 26.2. The van der Waals surface area contributed by atoms with Gasteiger partial charge < -0.3 is 19.3 Å². The molecule has 2 fully saturated rings. The van der Waals surface area contributed by atoms with Crippen LogP contribution in [-0.4, -0.2) is 70.0 Å². The normalized spacial score (nSPS) is 17.9. The second kappa shape index (κ2) is 8.88. The fourth-order valence-electron chi connectivity index (χ4n) is 3.69. The number of hydrogen-bond donors (Lipinski definition) is 0. The monoisotopic (exact) mass is 468 g/mol. The van der Waals surface area contributed by atoms with Gasteiger partial charge in [0.2, 0.25) is 11.8 Å². The number of halogens is 1. The molecule has 0 bridgehead atoms. The first-order chi connectivity index (χ1) is 16.4. The Morgan fingerprint density at radius 1 is 1.21 bits per heavy atom. The third kappa shape index (κ3) is 4.63. The molecular formula is C23H25FN6O4. The Hall–Kier alpha value is -3.76. The number of carbonyl (C=O) groups excluding carboxylic acids is 2. The van der Waals surface area contributed by atoms with Crippen molar-refractivity contribution >= 4 is 28.5 Å². The van der Waals surface area contributed by atoms with Gasteiger partial charge in [0.25, 0.3) is 5.91 Å². The van der Waals surface area contributed by atoms with Gasteiger partial charge in [-0.2, -0.15) is 9.90 Å². The van der Waals surface area contributed by atoms with Crippen LogP contribution in [0.15, 0.2) is 30.5 Å². The molecule has 1 unspecified atom stereocenters. The van der Waals surface area contributed by atoms with Crippen LogP contribution in [0.25, 0.3) is 11.0 Å². The van der Waals surface area contributed by atoms with Crippen molar-refractivity contribution in [2.24, 2.45) is 5.92 Å². The van der Waals surface area contributed by atoms with Gasteiger partial charge in [0, 0.05) is 44.9 Å². The zero-order valence-corrected chi connectivity index (χ0v) is 19.0. The first kappa shape index (κ1) is 22.1. The molecule has 1 saturated heterocycles. The van der Waals surface area contributed by atoms with Crippen LogP contribution in [0.2, 0.25) is 0 Å². The summed E-state index contributed by atoms with van der Waals surface area (Å²) in [7, 11) is 3.24. The van der Waals surface area contributed by atoms with Crippen molar-refractivity contribution in [2.75, 3.05) is 32.1 Å². The third-order valence-electron chi connectivity index (χ3n) is 5.86. The molecule has 2 amide bonds. The summed E-state index contributed by atoms with van der Waals surface area (Å²) in [5.74, 6) is 0.528. The number of rotatable bonds is 8. The Balaban J connectivity index is 1.26. The molecule has 0 N–H and O–H groups in total. The quantitative estimate of drug-likeness (QED) is 0.498. The second-order valence-corrected chi connectivity index (χ2v) is 8.79. The number of hydrogen-bond acceptors (Lipinski definition) is 7. The highest BCUT2D eigenvalue weighted by Gasteiger charge is 2.35. The van der Waals surface area contributed by atoms with E-state index in [1.54, 1.807) is 32.3 Å². The summed E-state index contributed by atoms with van der Waals surface area (Å²) in [6, 6.07) is 6.30. The molecule has 1 aliphatic carbocycles. The van der Waals surface area contributed by atoms with Gasteiger partial charge >= 0.3 is 0 Å². The van der Waals surface area contributed by atoms with Crippen molar-refractivity contribution < 1.29 is 23.5 Å². The molecule has 34 heavy (non-hydrogen) atoms. The highest BCUT2D eigenvalue weighted by molar-refractivity contribution is 6.00. The predicted octanol–water partition coefficient (Wildman–Crippen LogP) is 2.03. The molecule has 3 heterocycles. The van der Waals surface area contributed by atoms with Crippen LogP contribution >= 0.6 is 0 Å². The lowest BCUT2D eigenvalue weighted by atomic mass is 10.2. The van der Waals surface area contributed by atoms with E-state index >= 15 is 0 Å². The molecule has 2 aliphatic rings. The zero-order chi connectivity index (χ0) is 23.8. The first-order valence-electron chi connectivity index (χ1n) is 11.2. The minimum Gasteiger partial charge on any atom is -0.479 e. The lowest BCUT2D eigenvalue weighted by Crippen LogP contribution is -2.32. The Morgan fingerprint density at radius 3 is 2.74 bits per heavy atom. The van der Waals surface area contributed by atoms with Crippen molar-refractivity contribution in [3.63, 3.8) is 0 Å². The number of carbonyl (C=O) groups is 2. The molecule has 0 radical (unpaired) electrons. The van der Waals surface area contributed by atoms with Crippen LogP contribution < -0.4 is 14.4 Å². The number of fused-ring (bicyclic) bond motifs is 1. The molecule has 178 valence electrons. The van der Waals surface area contributed by atoms with Crippen LogP contribution in [0.3, 0.4) is 0 Å². The van der Waals surface area contributed by atoms with Gasteiger partial charge in [0.15, 0.2) is 11.9 Å². The van der Waals surface area contributed by atoms with E-state index in [-0.39, 0.29) is 29.4 Å². The van der Waals surface area contributed by atoms with Crippen molar-refractivity contribution in [2.45, 2.75) is 31.9 Å². The minimum atomic E-state index is -0.702. The van der Waals surface area contributed by atoms with Crippen LogP contribution in [-0.2, 0) is 16.1 Å². The number of likely N-dealkylation sites (N-methyl/N-ethyl adjacent to an activating group) is 1. The Bertz CT molecular complexity index is 1220. The lowest BCUT2D eigenvalue weighted by molar-refractivity contribution is -0.129. The minimum absolute atomic E-state index is 0.0461. The number of pyridine rings is 1. The SMILES string of the molecule is CN(C)C(=O)Cn1nc2cc(N3CCC(Oc4ccc(OCC5CC5)nc4)C3=O)cc(F)c2n1. The first-order valence-corrected chi connectivity index (χ1v) is 11.2. The van der Waals surface area contributed by atoms with E-state index in [0.29, 0.717) is 42.8 Å². The molecule has 0 spiro atoms. The fraction of sp³-hybridized carbons (Fsp3) is 0.435. The maximum Gasteiger partial charge on any atom is 0.268 e. The topological polar surface area (TPSA) is 103 Å². The predicted molar refractivity (Wildman–Crippen MR) is 120 cm³/mol. The zero-order valence-electron chi connectivity index (χ0n) is 19.0. The number of amides is 2. The third-order valence-corrected chi connectivity index (χ3v) is 5.86. The molecule has 3 aromatic rings. The van der Waals surface area contributed by atoms with Gasteiger partial charge in [-0.25, -0.2) is 9.37 Å². The maximum absolute atomic E-state index is 14.7. The van der Waals surface area contributed by atoms with Crippen molar-refractivity contribution in [3.05, 3.63) is 36.3 Å². The summed E-state index contributed by atoms with van der Waals surface area (Å²) in [6.07, 6.45) is 3.69. The number of aromatic nitrogens is 4. The summed E-state index contributed by atoms with van der Waals surface area (Å²) in [5, 5.41) is 8.27. The molecule has 5 rings (SSSR count). The Labute approximate surface area is 195 Å². The average Bonchev–Trinajstić information content (AvgIpc) is 3.45. The molecular weight excluding hydrogens is 443 g/mol. The van der Waals surface area contributed by atoms with E-state index in [2.05, 4.69) is 15.2 Å². The van der Waals surface area contributed by atoms with Gasteiger partial charge in [0.05, 0.1) is 12.8 Å². The van der Waals surface area contributed by atoms with E-state index in [4.69, 9.17) is 9.47 Å². The number of anilines is 1. The molecule has 2 aromatic heterocycles. The Morgan fingerprint density at radius 2 is 2.03 bits per heavy atom. The van der Waals surface area contributed by atoms with Crippen LogP contribution in [0, 0.1) is 11.7 Å². The number of ether oxygens (including phenoxy) is 2. The molecule has 1 atom stereocenters. The molecule has 10 nitrogen and oxygen atoms in total. The highest BCUT2D eigenvalue weighted by atomic mass is 19.1. The Kier molecular flexibility index (Phi) is 5.76. The smallest absolute Gasteiger partial charge is 0.268 e. The molecule has 1 aromatic carbocycles.